The van der Waals surface area contributed by atoms with Crippen LogP contribution in [0.4, 0.5) is 0 Å². The topological polar surface area (TPSA) is 71.1 Å². The van der Waals surface area contributed by atoms with E-state index in [4.69, 9.17) is 18.9 Å². The Bertz CT molecular complexity index is 1220. The molecule has 6 nitrogen and oxygen atoms in total. The van der Waals surface area contributed by atoms with E-state index in [2.05, 4.69) is 13.8 Å². The fourth-order valence-corrected chi connectivity index (χ4v) is 8.85. The van der Waals surface area contributed by atoms with Crippen LogP contribution < -0.4 is 9.47 Å². The Labute approximate surface area is 341 Å². The molecule has 2 aliphatic rings. The Morgan fingerprint density at radius 3 is 1.09 bits per heavy atom. The van der Waals surface area contributed by atoms with Crippen LogP contribution in [0, 0.1) is 23.7 Å². The molecular weight excluding hydrogens is 697 g/mol. The highest BCUT2D eigenvalue weighted by Crippen LogP contribution is 2.35. The van der Waals surface area contributed by atoms with Crippen molar-refractivity contribution < 1.29 is 28.5 Å². The molecule has 0 spiro atoms. The van der Waals surface area contributed by atoms with E-state index >= 15 is 0 Å². The Hall–Kier alpha value is -3.02. The normalized spacial score (nSPS) is 20.9. The Kier molecular flexibility index (Phi) is 21.9. The zero-order valence-corrected chi connectivity index (χ0v) is 35.9. The fraction of sp³-hybridized carbons (Fsp3) is 0.720. The summed E-state index contributed by atoms with van der Waals surface area (Å²) in [6.07, 6.45) is 31.2. The molecule has 314 valence electrons. The lowest BCUT2D eigenvalue weighted by molar-refractivity contribution is -0.0239. The van der Waals surface area contributed by atoms with Crippen molar-refractivity contribution in [1.29, 1.82) is 0 Å². The van der Waals surface area contributed by atoms with Crippen LogP contribution in [0.25, 0.3) is 0 Å². The van der Waals surface area contributed by atoms with Crippen LogP contribution in [0.1, 0.15) is 203 Å². The zero-order chi connectivity index (χ0) is 39.8. The first-order valence-electron chi connectivity index (χ1n) is 23.2. The van der Waals surface area contributed by atoms with Gasteiger partial charge in [0.25, 0.3) is 0 Å². The second kappa shape index (κ2) is 26.8. The number of hydrogen-bond acceptors (Lipinski definition) is 6. The van der Waals surface area contributed by atoms with Crippen molar-refractivity contribution in [3.05, 3.63) is 59.7 Å². The summed E-state index contributed by atoms with van der Waals surface area (Å²) < 4.78 is 23.3. The number of rotatable bonds is 27. The van der Waals surface area contributed by atoms with E-state index in [9.17, 15) is 9.59 Å². The third-order valence-corrected chi connectivity index (χ3v) is 12.8. The molecule has 0 unspecified atom stereocenters. The molecule has 2 aliphatic carbocycles. The van der Waals surface area contributed by atoms with Gasteiger partial charge < -0.3 is 18.9 Å². The first kappa shape index (κ1) is 45.7. The van der Waals surface area contributed by atoms with E-state index in [0.29, 0.717) is 24.3 Å². The number of carbonyl (C=O) groups is 2. The Morgan fingerprint density at radius 1 is 0.464 bits per heavy atom. The molecule has 2 fully saturated rings. The van der Waals surface area contributed by atoms with Crippen LogP contribution in [-0.2, 0) is 9.47 Å². The highest BCUT2D eigenvalue weighted by Gasteiger charge is 2.24. The first-order valence-corrected chi connectivity index (χ1v) is 23.2. The summed E-state index contributed by atoms with van der Waals surface area (Å²) in [7, 11) is 0. The molecular formula is C50H78O6. The molecule has 0 heterocycles. The largest absolute Gasteiger partial charge is 0.494 e. The molecule has 0 aromatic heterocycles. The average molecular weight is 775 g/mol. The molecule has 0 aliphatic heterocycles. The number of esters is 2. The molecule has 0 saturated heterocycles. The van der Waals surface area contributed by atoms with Crippen molar-refractivity contribution in [3.8, 4) is 11.5 Å². The van der Waals surface area contributed by atoms with Gasteiger partial charge in [-0.25, -0.2) is 9.59 Å². The van der Waals surface area contributed by atoms with Crippen LogP contribution >= 0.6 is 0 Å². The SMILES string of the molecule is CCCCCCCC1CCC(CCCOc2ccc(C(=O)O[C@H](C)[C@@H](C)OC(=O)c3ccc(OCCCC4CCC(CCCCCCC)CC4)cc3)cc2)CC1. The highest BCUT2D eigenvalue weighted by atomic mass is 16.6. The fourth-order valence-electron chi connectivity index (χ4n) is 8.85. The van der Waals surface area contributed by atoms with Gasteiger partial charge in [0.2, 0.25) is 0 Å². The molecule has 2 saturated carbocycles. The Balaban J connectivity index is 1.04. The van der Waals surface area contributed by atoms with Gasteiger partial charge in [-0.2, -0.15) is 0 Å². The molecule has 2 atom stereocenters. The smallest absolute Gasteiger partial charge is 0.338 e. The van der Waals surface area contributed by atoms with Crippen LogP contribution in [-0.4, -0.2) is 37.4 Å². The predicted octanol–water partition coefficient (Wildman–Crippen LogP) is 14.1. The molecule has 0 radical (unpaired) electrons. The summed E-state index contributed by atoms with van der Waals surface area (Å²) in [5, 5.41) is 0. The van der Waals surface area contributed by atoms with E-state index in [1.54, 1.807) is 38.1 Å². The second-order valence-electron chi connectivity index (χ2n) is 17.4. The van der Waals surface area contributed by atoms with E-state index in [1.807, 2.05) is 24.3 Å². The summed E-state index contributed by atoms with van der Waals surface area (Å²) in [6.45, 7) is 9.43. The predicted molar refractivity (Wildman–Crippen MR) is 230 cm³/mol. The van der Waals surface area contributed by atoms with Crippen molar-refractivity contribution >= 4 is 11.9 Å². The summed E-state index contributed by atoms with van der Waals surface area (Å²) >= 11 is 0. The molecule has 0 N–H and O–H groups in total. The van der Waals surface area contributed by atoms with Crippen molar-refractivity contribution in [2.24, 2.45) is 23.7 Å². The van der Waals surface area contributed by atoms with Crippen molar-refractivity contribution in [3.63, 3.8) is 0 Å². The summed E-state index contributed by atoms with van der Waals surface area (Å²) in [6, 6.07) is 14.2. The highest BCUT2D eigenvalue weighted by molar-refractivity contribution is 5.90. The lowest BCUT2D eigenvalue weighted by Crippen LogP contribution is -2.30. The van der Waals surface area contributed by atoms with Crippen molar-refractivity contribution in [2.75, 3.05) is 13.2 Å². The number of ether oxygens (including phenoxy) is 4. The number of hydrogen-bond donors (Lipinski definition) is 0. The van der Waals surface area contributed by atoms with Gasteiger partial charge in [0.1, 0.15) is 23.7 Å². The molecule has 4 rings (SSSR count). The van der Waals surface area contributed by atoms with E-state index in [1.165, 1.54) is 141 Å². The van der Waals surface area contributed by atoms with Crippen LogP contribution in [0.3, 0.4) is 0 Å². The van der Waals surface area contributed by atoms with Gasteiger partial charge in [0.15, 0.2) is 0 Å². The lowest BCUT2D eigenvalue weighted by atomic mass is 9.78. The maximum Gasteiger partial charge on any atom is 0.338 e. The molecule has 0 amide bonds. The van der Waals surface area contributed by atoms with Gasteiger partial charge in [0.05, 0.1) is 24.3 Å². The first-order chi connectivity index (χ1) is 27.3. The van der Waals surface area contributed by atoms with E-state index < -0.39 is 24.1 Å². The van der Waals surface area contributed by atoms with Gasteiger partial charge in [-0.15, -0.1) is 0 Å². The van der Waals surface area contributed by atoms with Gasteiger partial charge in [0, 0.05) is 0 Å². The van der Waals surface area contributed by atoms with Crippen molar-refractivity contribution in [1.82, 2.24) is 0 Å². The van der Waals surface area contributed by atoms with E-state index in [0.717, 1.165) is 48.0 Å². The zero-order valence-electron chi connectivity index (χ0n) is 35.9. The monoisotopic (exact) mass is 775 g/mol. The van der Waals surface area contributed by atoms with E-state index in [-0.39, 0.29) is 0 Å². The maximum absolute atomic E-state index is 12.9. The van der Waals surface area contributed by atoms with Crippen LogP contribution in [0.5, 0.6) is 11.5 Å². The molecule has 56 heavy (non-hydrogen) atoms. The van der Waals surface area contributed by atoms with Crippen molar-refractivity contribution in [2.45, 2.75) is 194 Å². The summed E-state index contributed by atoms with van der Waals surface area (Å²) in [5.74, 6) is 4.19. The molecule has 0 bridgehead atoms. The average Bonchev–Trinajstić information content (AvgIpc) is 3.22. The number of unbranched alkanes of at least 4 members (excludes halogenated alkanes) is 8. The quantitative estimate of drug-likeness (QED) is 0.0665. The van der Waals surface area contributed by atoms with Gasteiger partial charge in [-0.1, -0.05) is 142 Å². The second-order valence-corrected chi connectivity index (χ2v) is 17.4. The summed E-state index contributed by atoms with van der Waals surface area (Å²) in [5.41, 5.74) is 0.882. The summed E-state index contributed by atoms with van der Waals surface area (Å²) in [4.78, 5) is 25.8. The van der Waals surface area contributed by atoms with Gasteiger partial charge >= 0.3 is 11.9 Å². The van der Waals surface area contributed by atoms with Crippen LogP contribution in [0.15, 0.2) is 48.5 Å². The minimum Gasteiger partial charge on any atom is -0.494 e. The standard InChI is InChI=1S/C50H78O6/c1-5-7-9-11-13-17-41-21-25-43(26-22-41)19-15-37-53-47-33-29-45(30-34-47)49(51)55-39(3)40(4)56-50(52)46-31-35-48(36-32-46)54-38-16-20-44-27-23-42(24-28-44)18-14-12-10-8-6-2/h29-36,39-44H,5-28,37-38H2,1-4H3/t39-,40-,41?,42?,43?,44?/m1/s1. The maximum atomic E-state index is 12.9. The van der Waals surface area contributed by atoms with Gasteiger partial charge in [-0.05, 0) is 112 Å². The van der Waals surface area contributed by atoms with Crippen LogP contribution in [0.2, 0.25) is 0 Å². The minimum atomic E-state index is -0.614. The lowest BCUT2D eigenvalue weighted by Gasteiger charge is -2.28. The van der Waals surface area contributed by atoms with Gasteiger partial charge in [-0.3, -0.25) is 0 Å². The number of benzene rings is 2. The molecule has 2 aromatic carbocycles. The Morgan fingerprint density at radius 2 is 0.768 bits per heavy atom. The third kappa shape index (κ3) is 17.6. The molecule has 6 heteroatoms. The third-order valence-electron chi connectivity index (χ3n) is 12.8. The minimum absolute atomic E-state index is 0.441. The molecule has 2 aromatic rings. The number of carbonyl (C=O) groups excluding carboxylic acids is 2.